The van der Waals surface area contributed by atoms with Crippen LogP contribution in [-0.4, -0.2) is 15.9 Å². The first-order valence-corrected chi connectivity index (χ1v) is 9.31. The third-order valence-electron chi connectivity index (χ3n) is 4.04. The molecule has 1 atom stereocenters. The van der Waals surface area contributed by atoms with Gasteiger partial charge in [0.25, 0.3) is 11.5 Å². The van der Waals surface area contributed by atoms with Gasteiger partial charge < -0.3 is 11.1 Å². The Morgan fingerprint density at radius 2 is 1.81 bits per heavy atom. The quantitative estimate of drug-likeness (QED) is 0.462. The Hall–Kier alpha value is -3.06. The number of thioether (sulfide) groups is 1. The predicted molar refractivity (Wildman–Crippen MR) is 109 cm³/mol. The lowest BCUT2D eigenvalue weighted by atomic mass is 10.1. The molecule has 1 amide bonds. The molecule has 1 aromatic heterocycles. The van der Waals surface area contributed by atoms with E-state index in [-0.39, 0.29) is 16.8 Å². The van der Waals surface area contributed by atoms with Gasteiger partial charge >= 0.3 is 0 Å². The van der Waals surface area contributed by atoms with Crippen LogP contribution in [0.5, 0.6) is 0 Å². The van der Waals surface area contributed by atoms with Gasteiger partial charge in [0.15, 0.2) is 11.0 Å². The molecule has 0 aliphatic heterocycles. The molecule has 6 nitrogen and oxygen atoms in total. The van der Waals surface area contributed by atoms with Crippen LogP contribution in [0.1, 0.15) is 33.7 Å². The lowest BCUT2D eigenvalue weighted by molar-refractivity contribution is 0.102. The van der Waals surface area contributed by atoms with Gasteiger partial charge in [0.2, 0.25) is 0 Å². The molecule has 0 radical (unpaired) electrons. The van der Waals surface area contributed by atoms with Crippen LogP contribution in [0.4, 0.5) is 11.5 Å². The molecule has 0 spiro atoms. The summed E-state index contributed by atoms with van der Waals surface area (Å²) >= 11 is 1.39. The molecule has 138 valence electrons. The van der Waals surface area contributed by atoms with E-state index in [1.165, 1.54) is 11.8 Å². The Kier molecular flexibility index (Phi) is 5.61. The third kappa shape index (κ3) is 4.57. The highest BCUT2D eigenvalue weighted by Gasteiger charge is 2.16. The standard InChI is InChI=1S/C20H20N4O2S/c1-12-8-10-15(11-9-12)18(25)22-16-17(21)23-20(24-19(16)26)27-13(2)14-6-4-3-5-7-14/h3-11,13H,1-2H3,(H,22,25)(H3,21,23,24,26)/t13-/m0/s1. The Bertz CT molecular complexity index is 1000. The van der Waals surface area contributed by atoms with Crippen molar-refractivity contribution in [2.45, 2.75) is 24.3 Å². The zero-order valence-corrected chi connectivity index (χ0v) is 15.8. The molecular weight excluding hydrogens is 360 g/mol. The molecule has 0 fully saturated rings. The van der Waals surface area contributed by atoms with Crippen molar-refractivity contribution >= 4 is 29.2 Å². The average molecular weight is 380 g/mol. The summed E-state index contributed by atoms with van der Waals surface area (Å²) in [5.41, 5.74) is 8.00. The van der Waals surface area contributed by atoms with Crippen LogP contribution >= 0.6 is 11.8 Å². The largest absolute Gasteiger partial charge is 0.382 e. The molecule has 0 aliphatic rings. The number of benzene rings is 2. The number of anilines is 2. The van der Waals surface area contributed by atoms with Crippen molar-refractivity contribution in [2.24, 2.45) is 0 Å². The minimum Gasteiger partial charge on any atom is -0.382 e. The summed E-state index contributed by atoms with van der Waals surface area (Å²) in [7, 11) is 0. The van der Waals surface area contributed by atoms with Crippen LogP contribution < -0.4 is 16.6 Å². The van der Waals surface area contributed by atoms with Crippen molar-refractivity contribution in [3.63, 3.8) is 0 Å². The highest BCUT2D eigenvalue weighted by atomic mass is 32.2. The summed E-state index contributed by atoms with van der Waals surface area (Å²) in [6.07, 6.45) is 0. The van der Waals surface area contributed by atoms with E-state index in [0.717, 1.165) is 11.1 Å². The Morgan fingerprint density at radius 1 is 1.15 bits per heavy atom. The molecule has 0 unspecified atom stereocenters. The maximum Gasteiger partial charge on any atom is 0.277 e. The first-order chi connectivity index (χ1) is 12.9. The lowest BCUT2D eigenvalue weighted by Crippen LogP contribution is -2.23. The SMILES string of the molecule is Cc1ccc(C(=O)Nc2c(N)nc(S[C@@H](C)c3ccccc3)[nH]c2=O)cc1. The molecule has 0 saturated carbocycles. The number of nitrogens with one attached hydrogen (secondary N) is 2. The van der Waals surface area contributed by atoms with E-state index in [0.29, 0.717) is 10.7 Å². The van der Waals surface area contributed by atoms with E-state index in [2.05, 4.69) is 15.3 Å². The van der Waals surface area contributed by atoms with Gasteiger partial charge in [-0.2, -0.15) is 0 Å². The van der Waals surface area contributed by atoms with E-state index >= 15 is 0 Å². The number of aromatic nitrogens is 2. The van der Waals surface area contributed by atoms with Gasteiger partial charge in [-0.1, -0.05) is 59.8 Å². The maximum absolute atomic E-state index is 12.4. The van der Waals surface area contributed by atoms with E-state index in [4.69, 9.17) is 5.73 Å². The number of H-pyrrole nitrogens is 1. The second-order valence-corrected chi connectivity index (χ2v) is 7.45. The molecule has 0 saturated heterocycles. The highest BCUT2D eigenvalue weighted by molar-refractivity contribution is 7.99. The van der Waals surface area contributed by atoms with Crippen LogP contribution in [0, 0.1) is 6.92 Å². The molecular formula is C20H20N4O2S. The number of rotatable bonds is 5. The fourth-order valence-corrected chi connectivity index (χ4v) is 3.43. The fraction of sp³-hybridized carbons (Fsp3) is 0.150. The van der Waals surface area contributed by atoms with Crippen LogP contribution in [0.15, 0.2) is 64.5 Å². The van der Waals surface area contributed by atoms with E-state index in [9.17, 15) is 9.59 Å². The minimum absolute atomic E-state index is 0.0121. The van der Waals surface area contributed by atoms with Crippen LogP contribution in [0.25, 0.3) is 0 Å². The van der Waals surface area contributed by atoms with Crippen molar-refractivity contribution in [1.82, 2.24) is 9.97 Å². The molecule has 2 aromatic carbocycles. The van der Waals surface area contributed by atoms with Gasteiger partial charge in [-0.15, -0.1) is 0 Å². The van der Waals surface area contributed by atoms with E-state index in [1.807, 2.05) is 56.3 Å². The van der Waals surface area contributed by atoms with E-state index in [1.54, 1.807) is 12.1 Å². The number of carbonyl (C=O) groups is 1. The highest BCUT2D eigenvalue weighted by Crippen LogP contribution is 2.32. The van der Waals surface area contributed by atoms with Crippen molar-refractivity contribution in [3.05, 3.63) is 81.6 Å². The van der Waals surface area contributed by atoms with Crippen molar-refractivity contribution in [1.29, 1.82) is 0 Å². The number of carbonyl (C=O) groups excluding carboxylic acids is 1. The number of hydrogen-bond acceptors (Lipinski definition) is 5. The third-order valence-corrected chi connectivity index (χ3v) is 5.08. The van der Waals surface area contributed by atoms with Gasteiger partial charge in [-0.25, -0.2) is 4.98 Å². The number of nitrogens with two attached hydrogens (primary N) is 1. The summed E-state index contributed by atoms with van der Waals surface area (Å²) in [4.78, 5) is 31.6. The number of nitrogens with zero attached hydrogens (tertiary/aromatic N) is 1. The van der Waals surface area contributed by atoms with Crippen LogP contribution in [0.3, 0.4) is 0 Å². The summed E-state index contributed by atoms with van der Waals surface area (Å²) in [5.74, 6) is -0.422. The number of aryl methyl sites for hydroxylation is 1. The monoisotopic (exact) mass is 380 g/mol. The zero-order valence-electron chi connectivity index (χ0n) is 15.0. The predicted octanol–water partition coefficient (Wildman–Crippen LogP) is 3.77. The molecule has 7 heteroatoms. The lowest BCUT2D eigenvalue weighted by Gasteiger charge is -2.12. The normalized spacial score (nSPS) is 11.8. The summed E-state index contributed by atoms with van der Waals surface area (Å²) in [6.45, 7) is 3.95. The molecule has 3 aromatic rings. The smallest absolute Gasteiger partial charge is 0.277 e. The fourth-order valence-electron chi connectivity index (χ4n) is 2.50. The van der Waals surface area contributed by atoms with Crippen molar-refractivity contribution < 1.29 is 4.79 Å². The van der Waals surface area contributed by atoms with Gasteiger partial charge in [0.1, 0.15) is 5.69 Å². The first kappa shape index (κ1) is 18.7. The van der Waals surface area contributed by atoms with Gasteiger partial charge in [0, 0.05) is 10.8 Å². The second kappa shape index (κ2) is 8.09. The van der Waals surface area contributed by atoms with Gasteiger partial charge in [-0.05, 0) is 31.5 Å². The summed E-state index contributed by atoms with van der Waals surface area (Å²) < 4.78 is 0. The first-order valence-electron chi connectivity index (χ1n) is 8.43. The van der Waals surface area contributed by atoms with Gasteiger partial charge in [0.05, 0.1) is 0 Å². The summed E-state index contributed by atoms with van der Waals surface area (Å²) in [6, 6.07) is 16.9. The number of aromatic amines is 1. The minimum atomic E-state index is -0.481. The number of hydrogen-bond donors (Lipinski definition) is 3. The Labute approximate surface area is 161 Å². The molecule has 0 bridgehead atoms. The summed E-state index contributed by atoms with van der Waals surface area (Å²) in [5, 5.41) is 3.04. The maximum atomic E-state index is 12.4. The molecule has 27 heavy (non-hydrogen) atoms. The molecule has 3 rings (SSSR count). The van der Waals surface area contributed by atoms with Gasteiger partial charge in [-0.3, -0.25) is 14.6 Å². The zero-order chi connectivity index (χ0) is 19.4. The van der Waals surface area contributed by atoms with Crippen LogP contribution in [0.2, 0.25) is 0 Å². The molecule has 1 heterocycles. The number of amides is 1. The second-order valence-electron chi connectivity index (χ2n) is 6.12. The Balaban J connectivity index is 1.77. The Morgan fingerprint density at radius 3 is 2.44 bits per heavy atom. The molecule has 4 N–H and O–H groups in total. The number of nitrogen functional groups attached to an aromatic ring is 1. The van der Waals surface area contributed by atoms with Crippen molar-refractivity contribution in [3.8, 4) is 0 Å². The van der Waals surface area contributed by atoms with Crippen LogP contribution in [-0.2, 0) is 0 Å². The van der Waals surface area contributed by atoms with E-state index < -0.39 is 11.5 Å². The average Bonchev–Trinajstić information content (AvgIpc) is 2.66. The topological polar surface area (TPSA) is 101 Å². The van der Waals surface area contributed by atoms with Crippen molar-refractivity contribution in [2.75, 3.05) is 11.1 Å². The molecule has 0 aliphatic carbocycles.